The molecule has 0 radical (unpaired) electrons. The second-order valence-electron chi connectivity index (χ2n) is 4.24. The van der Waals surface area contributed by atoms with Crippen molar-refractivity contribution < 1.29 is 22.3 Å². The number of hydrogen-bond acceptors (Lipinski definition) is 3. The standard InChI is InChI=1S/C13H9F4N3O/c1-7-9(6-18)12(20(2)19-7)21-8-3-4-11(14)10(5-8)13(15,16)17/h3-5H,1-2H3. The van der Waals surface area contributed by atoms with Gasteiger partial charge < -0.3 is 4.74 Å². The van der Waals surface area contributed by atoms with E-state index < -0.39 is 17.6 Å². The third-order valence-corrected chi connectivity index (χ3v) is 2.74. The predicted molar refractivity (Wildman–Crippen MR) is 64.1 cm³/mol. The largest absolute Gasteiger partial charge is 0.438 e. The minimum Gasteiger partial charge on any atom is -0.438 e. The number of hydrogen-bond donors (Lipinski definition) is 0. The molecule has 8 heteroatoms. The number of ether oxygens (including phenoxy) is 1. The van der Waals surface area contributed by atoms with Crippen LogP contribution in [-0.2, 0) is 13.2 Å². The van der Waals surface area contributed by atoms with E-state index in [0.29, 0.717) is 17.8 Å². The van der Waals surface area contributed by atoms with Crippen LogP contribution in [0.2, 0.25) is 0 Å². The van der Waals surface area contributed by atoms with Gasteiger partial charge in [0.15, 0.2) is 0 Å². The highest BCUT2D eigenvalue weighted by atomic mass is 19.4. The molecule has 21 heavy (non-hydrogen) atoms. The summed E-state index contributed by atoms with van der Waals surface area (Å²) in [5, 5.41) is 12.9. The van der Waals surface area contributed by atoms with Crippen molar-refractivity contribution in [3.8, 4) is 17.7 Å². The van der Waals surface area contributed by atoms with Gasteiger partial charge in [0, 0.05) is 7.05 Å². The molecule has 2 rings (SSSR count). The maximum absolute atomic E-state index is 13.2. The fourth-order valence-corrected chi connectivity index (χ4v) is 1.78. The summed E-state index contributed by atoms with van der Waals surface area (Å²) in [5.74, 6) is -1.63. The third kappa shape index (κ3) is 2.81. The Bertz CT molecular complexity index is 728. The van der Waals surface area contributed by atoms with Crippen molar-refractivity contribution in [1.82, 2.24) is 9.78 Å². The molecule has 0 atom stereocenters. The van der Waals surface area contributed by atoms with Crippen molar-refractivity contribution in [1.29, 1.82) is 5.26 Å². The molecule has 0 saturated carbocycles. The van der Waals surface area contributed by atoms with Gasteiger partial charge in [-0.15, -0.1) is 0 Å². The number of benzene rings is 1. The fraction of sp³-hybridized carbons (Fsp3) is 0.231. The van der Waals surface area contributed by atoms with Gasteiger partial charge in [0.1, 0.15) is 23.2 Å². The molecule has 1 aromatic carbocycles. The molecular formula is C13H9F4N3O. The third-order valence-electron chi connectivity index (χ3n) is 2.74. The molecule has 1 aromatic heterocycles. The first-order valence-electron chi connectivity index (χ1n) is 5.72. The van der Waals surface area contributed by atoms with Gasteiger partial charge in [0.05, 0.1) is 11.3 Å². The van der Waals surface area contributed by atoms with E-state index in [9.17, 15) is 17.6 Å². The Balaban J connectivity index is 2.45. The molecule has 0 amide bonds. The first-order chi connectivity index (χ1) is 9.74. The molecular weight excluding hydrogens is 290 g/mol. The van der Waals surface area contributed by atoms with Crippen molar-refractivity contribution in [3.05, 3.63) is 40.8 Å². The van der Waals surface area contributed by atoms with Crippen LogP contribution in [0, 0.1) is 24.1 Å². The SMILES string of the molecule is Cc1nn(C)c(Oc2ccc(F)c(C(F)(F)F)c2)c1C#N. The Morgan fingerprint density at radius 2 is 2.00 bits per heavy atom. The average molecular weight is 299 g/mol. The van der Waals surface area contributed by atoms with Crippen LogP contribution in [0.3, 0.4) is 0 Å². The Morgan fingerprint density at radius 1 is 1.33 bits per heavy atom. The van der Waals surface area contributed by atoms with Crippen molar-refractivity contribution in [2.24, 2.45) is 7.05 Å². The summed E-state index contributed by atoms with van der Waals surface area (Å²) >= 11 is 0. The molecule has 0 bridgehead atoms. The van der Waals surface area contributed by atoms with E-state index in [0.717, 1.165) is 6.07 Å². The summed E-state index contributed by atoms with van der Waals surface area (Å²) in [6.45, 7) is 1.57. The first-order valence-corrected chi connectivity index (χ1v) is 5.72. The van der Waals surface area contributed by atoms with Gasteiger partial charge in [-0.2, -0.15) is 23.5 Å². The number of aromatic nitrogens is 2. The van der Waals surface area contributed by atoms with Crippen LogP contribution in [0.4, 0.5) is 17.6 Å². The van der Waals surface area contributed by atoms with Crippen LogP contribution in [0.1, 0.15) is 16.8 Å². The number of rotatable bonds is 2. The van der Waals surface area contributed by atoms with Gasteiger partial charge in [-0.1, -0.05) is 0 Å². The van der Waals surface area contributed by atoms with Crippen molar-refractivity contribution in [3.63, 3.8) is 0 Å². The molecule has 0 unspecified atom stereocenters. The maximum Gasteiger partial charge on any atom is 0.419 e. The van der Waals surface area contributed by atoms with Crippen molar-refractivity contribution >= 4 is 0 Å². The zero-order valence-electron chi connectivity index (χ0n) is 11.0. The molecule has 2 aromatic rings. The Morgan fingerprint density at radius 3 is 2.57 bits per heavy atom. The van der Waals surface area contributed by atoms with Crippen LogP contribution in [0.25, 0.3) is 0 Å². The second kappa shape index (κ2) is 5.09. The highest BCUT2D eigenvalue weighted by Gasteiger charge is 2.34. The van der Waals surface area contributed by atoms with E-state index >= 15 is 0 Å². The smallest absolute Gasteiger partial charge is 0.419 e. The van der Waals surface area contributed by atoms with E-state index in [4.69, 9.17) is 10.00 Å². The molecule has 0 fully saturated rings. The molecule has 0 aliphatic carbocycles. The number of aryl methyl sites for hydroxylation is 2. The summed E-state index contributed by atoms with van der Waals surface area (Å²) in [4.78, 5) is 0. The molecule has 0 spiro atoms. The van der Waals surface area contributed by atoms with Crippen LogP contribution in [0.5, 0.6) is 11.6 Å². The Labute approximate surface area is 117 Å². The monoisotopic (exact) mass is 299 g/mol. The fourth-order valence-electron chi connectivity index (χ4n) is 1.78. The molecule has 0 N–H and O–H groups in total. The number of nitrogens with zero attached hydrogens (tertiary/aromatic N) is 3. The molecule has 1 heterocycles. The highest BCUT2D eigenvalue weighted by molar-refractivity contribution is 5.44. The van der Waals surface area contributed by atoms with Crippen LogP contribution in [-0.4, -0.2) is 9.78 Å². The van der Waals surface area contributed by atoms with Crippen LogP contribution < -0.4 is 4.74 Å². The molecule has 110 valence electrons. The highest BCUT2D eigenvalue weighted by Crippen LogP contribution is 2.35. The minimum atomic E-state index is -4.83. The van der Waals surface area contributed by atoms with E-state index in [1.54, 1.807) is 6.92 Å². The van der Waals surface area contributed by atoms with E-state index in [1.807, 2.05) is 6.07 Å². The van der Waals surface area contributed by atoms with E-state index in [2.05, 4.69) is 5.10 Å². The maximum atomic E-state index is 13.2. The Hall–Kier alpha value is -2.56. The molecule has 0 saturated heterocycles. The summed E-state index contributed by atoms with van der Waals surface area (Å²) < 4.78 is 57.6. The van der Waals surface area contributed by atoms with E-state index in [1.165, 1.54) is 11.7 Å². The van der Waals surface area contributed by atoms with Crippen molar-refractivity contribution in [2.45, 2.75) is 13.1 Å². The lowest BCUT2D eigenvalue weighted by atomic mass is 10.2. The number of halogens is 4. The lowest BCUT2D eigenvalue weighted by Crippen LogP contribution is -2.08. The van der Waals surface area contributed by atoms with Gasteiger partial charge in [-0.3, -0.25) is 0 Å². The summed E-state index contributed by atoms with van der Waals surface area (Å²) in [5.41, 5.74) is -0.944. The van der Waals surface area contributed by atoms with E-state index in [-0.39, 0.29) is 17.2 Å². The summed E-state index contributed by atoms with van der Waals surface area (Å²) in [6, 6.07) is 4.11. The lowest BCUT2D eigenvalue weighted by molar-refractivity contribution is -0.140. The summed E-state index contributed by atoms with van der Waals surface area (Å²) in [6.07, 6.45) is -4.83. The van der Waals surface area contributed by atoms with Gasteiger partial charge in [-0.05, 0) is 25.1 Å². The minimum absolute atomic E-state index is 0.00488. The molecule has 0 aliphatic heterocycles. The quantitative estimate of drug-likeness (QED) is 0.797. The average Bonchev–Trinajstić information content (AvgIpc) is 2.64. The van der Waals surface area contributed by atoms with Gasteiger partial charge in [0.2, 0.25) is 5.88 Å². The zero-order valence-corrected chi connectivity index (χ0v) is 11.0. The van der Waals surface area contributed by atoms with Crippen LogP contribution >= 0.6 is 0 Å². The van der Waals surface area contributed by atoms with Crippen LogP contribution in [0.15, 0.2) is 18.2 Å². The first kappa shape index (κ1) is 14.8. The topological polar surface area (TPSA) is 50.8 Å². The van der Waals surface area contributed by atoms with Crippen molar-refractivity contribution in [2.75, 3.05) is 0 Å². The molecule has 0 aliphatic rings. The number of alkyl halides is 3. The second-order valence-corrected chi connectivity index (χ2v) is 4.24. The lowest BCUT2D eigenvalue weighted by Gasteiger charge is -2.11. The normalized spacial score (nSPS) is 11.3. The number of nitriles is 1. The molecule has 4 nitrogen and oxygen atoms in total. The summed E-state index contributed by atoms with van der Waals surface area (Å²) in [7, 11) is 1.48. The zero-order chi connectivity index (χ0) is 15.8. The van der Waals surface area contributed by atoms with Gasteiger partial charge in [0.25, 0.3) is 0 Å². The predicted octanol–water partition coefficient (Wildman–Crippen LogP) is 3.55. The van der Waals surface area contributed by atoms with Gasteiger partial charge in [-0.25, -0.2) is 9.07 Å². The Kier molecular flexibility index (Phi) is 3.60. The van der Waals surface area contributed by atoms with Gasteiger partial charge >= 0.3 is 6.18 Å².